The lowest BCUT2D eigenvalue weighted by atomic mass is 9.84. The molecule has 1 fully saturated rings. The van der Waals surface area contributed by atoms with E-state index in [1.54, 1.807) is 7.11 Å². The summed E-state index contributed by atoms with van der Waals surface area (Å²) < 4.78 is 5.00. The second-order valence-corrected chi connectivity index (χ2v) is 4.60. The summed E-state index contributed by atoms with van der Waals surface area (Å²) in [7, 11) is 3.83. The zero-order valence-corrected chi connectivity index (χ0v) is 9.62. The van der Waals surface area contributed by atoms with E-state index in [9.17, 15) is 5.11 Å². The molecule has 14 heavy (non-hydrogen) atoms. The predicted octanol–water partition coefficient (Wildman–Crippen LogP) is 1.26. The van der Waals surface area contributed by atoms with Gasteiger partial charge in [0.15, 0.2) is 0 Å². The monoisotopic (exact) mass is 201 g/mol. The van der Waals surface area contributed by atoms with E-state index in [0.717, 1.165) is 38.8 Å². The molecule has 1 N–H and O–H groups in total. The molecule has 1 heterocycles. The van der Waals surface area contributed by atoms with E-state index >= 15 is 0 Å². The van der Waals surface area contributed by atoms with Crippen LogP contribution in [0.5, 0.6) is 0 Å². The predicted molar refractivity (Wildman–Crippen MR) is 57.4 cm³/mol. The van der Waals surface area contributed by atoms with Gasteiger partial charge in [-0.1, -0.05) is 0 Å². The number of nitrogens with zero attached hydrogens (tertiary/aromatic N) is 1. The fraction of sp³-hybridized carbons (Fsp3) is 1.00. The van der Waals surface area contributed by atoms with Crippen molar-refractivity contribution in [2.75, 3.05) is 27.3 Å². The third-order valence-corrected chi connectivity index (χ3v) is 3.35. The van der Waals surface area contributed by atoms with Gasteiger partial charge >= 0.3 is 0 Å². The Labute approximate surface area is 87.1 Å². The van der Waals surface area contributed by atoms with Crippen LogP contribution in [0.25, 0.3) is 0 Å². The van der Waals surface area contributed by atoms with Crippen LogP contribution in [0.2, 0.25) is 0 Å². The van der Waals surface area contributed by atoms with Gasteiger partial charge in [0.05, 0.1) is 5.60 Å². The molecule has 0 spiro atoms. The fourth-order valence-electron chi connectivity index (χ4n) is 2.19. The summed E-state index contributed by atoms with van der Waals surface area (Å²) in [4.78, 5) is 2.31. The highest BCUT2D eigenvalue weighted by molar-refractivity contribution is 4.88. The van der Waals surface area contributed by atoms with E-state index in [1.807, 2.05) is 0 Å². The quantitative estimate of drug-likeness (QED) is 0.695. The Bertz CT molecular complexity index is 175. The molecule has 0 amide bonds. The van der Waals surface area contributed by atoms with Crippen molar-refractivity contribution in [1.82, 2.24) is 4.90 Å². The van der Waals surface area contributed by atoms with E-state index < -0.39 is 5.60 Å². The van der Waals surface area contributed by atoms with Crippen LogP contribution in [-0.2, 0) is 4.74 Å². The molecule has 2 unspecified atom stereocenters. The summed E-state index contributed by atoms with van der Waals surface area (Å²) in [6.45, 7) is 3.94. The molecule has 1 rings (SSSR count). The maximum absolute atomic E-state index is 10.3. The van der Waals surface area contributed by atoms with Gasteiger partial charge in [-0.3, -0.25) is 0 Å². The van der Waals surface area contributed by atoms with Crippen molar-refractivity contribution < 1.29 is 9.84 Å². The van der Waals surface area contributed by atoms with Crippen molar-refractivity contribution in [3.8, 4) is 0 Å². The smallest absolute Gasteiger partial charge is 0.0675 e. The van der Waals surface area contributed by atoms with Gasteiger partial charge in [0, 0.05) is 26.3 Å². The van der Waals surface area contributed by atoms with Crippen molar-refractivity contribution in [3.05, 3.63) is 0 Å². The Morgan fingerprint density at radius 3 is 2.86 bits per heavy atom. The SMILES string of the molecule is COCCCC1(O)CCN(C)C(C)C1. The average Bonchev–Trinajstić information content (AvgIpc) is 2.13. The Hall–Kier alpha value is -0.120. The minimum atomic E-state index is -0.440. The second kappa shape index (κ2) is 5.10. The Morgan fingerprint density at radius 2 is 2.29 bits per heavy atom. The van der Waals surface area contributed by atoms with E-state index in [4.69, 9.17) is 4.74 Å². The lowest BCUT2D eigenvalue weighted by Crippen LogP contribution is -2.47. The molecule has 1 saturated heterocycles. The first kappa shape index (κ1) is 12.0. The minimum Gasteiger partial charge on any atom is -0.390 e. The van der Waals surface area contributed by atoms with Crippen molar-refractivity contribution in [2.45, 2.75) is 44.2 Å². The molecule has 0 aromatic carbocycles. The molecule has 3 nitrogen and oxygen atoms in total. The highest BCUT2D eigenvalue weighted by Gasteiger charge is 2.34. The summed E-state index contributed by atoms with van der Waals surface area (Å²) in [5.41, 5.74) is -0.440. The summed E-state index contributed by atoms with van der Waals surface area (Å²) in [6.07, 6.45) is 3.63. The Balaban J connectivity index is 2.34. The van der Waals surface area contributed by atoms with E-state index in [-0.39, 0.29) is 0 Å². The zero-order chi connectivity index (χ0) is 10.6. The summed E-state index contributed by atoms with van der Waals surface area (Å²) in [5.74, 6) is 0. The largest absolute Gasteiger partial charge is 0.390 e. The van der Waals surface area contributed by atoms with Crippen LogP contribution < -0.4 is 0 Å². The van der Waals surface area contributed by atoms with Gasteiger partial charge in [-0.2, -0.15) is 0 Å². The topological polar surface area (TPSA) is 32.7 Å². The molecule has 84 valence electrons. The number of piperidine rings is 1. The van der Waals surface area contributed by atoms with Gasteiger partial charge in [0.2, 0.25) is 0 Å². The van der Waals surface area contributed by atoms with Gasteiger partial charge in [-0.15, -0.1) is 0 Å². The number of rotatable bonds is 4. The number of hydrogen-bond acceptors (Lipinski definition) is 3. The van der Waals surface area contributed by atoms with Crippen molar-refractivity contribution >= 4 is 0 Å². The van der Waals surface area contributed by atoms with Crippen LogP contribution in [0, 0.1) is 0 Å². The summed E-state index contributed by atoms with van der Waals surface area (Å²) in [6, 6.07) is 0.497. The standard InChI is InChI=1S/C11H23NO2/c1-10-9-11(13,5-4-8-14-3)6-7-12(10)2/h10,13H,4-9H2,1-3H3. The van der Waals surface area contributed by atoms with Gasteiger partial charge in [0.25, 0.3) is 0 Å². The minimum absolute atomic E-state index is 0.440. The third kappa shape index (κ3) is 3.23. The number of likely N-dealkylation sites (tertiary alicyclic amines) is 1. The van der Waals surface area contributed by atoms with Crippen LogP contribution in [0.1, 0.15) is 32.6 Å². The van der Waals surface area contributed by atoms with Crippen molar-refractivity contribution in [1.29, 1.82) is 0 Å². The Kier molecular flexibility index (Phi) is 4.35. The molecule has 1 aliphatic rings. The van der Waals surface area contributed by atoms with Crippen molar-refractivity contribution in [3.63, 3.8) is 0 Å². The van der Waals surface area contributed by atoms with E-state index in [0.29, 0.717) is 6.04 Å². The number of hydrogen-bond donors (Lipinski definition) is 1. The lowest BCUT2D eigenvalue weighted by molar-refractivity contribution is -0.0461. The molecule has 3 heteroatoms. The van der Waals surface area contributed by atoms with Crippen molar-refractivity contribution in [2.24, 2.45) is 0 Å². The second-order valence-electron chi connectivity index (χ2n) is 4.60. The molecule has 0 aromatic rings. The number of aliphatic hydroxyl groups is 1. The van der Waals surface area contributed by atoms with E-state index in [1.165, 1.54) is 0 Å². The molecule has 0 bridgehead atoms. The molecular formula is C11H23NO2. The zero-order valence-electron chi connectivity index (χ0n) is 9.62. The first-order valence-electron chi connectivity index (χ1n) is 5.49. The normalized spacial score (nSPS) is 34.7. The first-order chi connectivity index (χ1) is 6.57. The first-order valence-corrected chi connectivity index (χ1v) is 5.49. The Morgan fingerprint density at radius 1 is 1.57 bits per heavy atom. The van der Waals surface area contributed by atoms with Crippen LogP contribution in [0.4, 0.5) is 0 Å². The van der Waals surface area contributed by atoms with Gasteiger partial charge in [-0.25, -0.2) is 0 Å². The third-order valence-electron chi connectivity index (χ3n) is 3.35. The fourth-order valence-corrected chi connectivity index (χ4v) is 2.19. The molecule has 2 atom stereocenters. The summed E-state index contributed by atoms with van der Waals surface area (Å²) >= 11 is 0. The number of methoxy groups -OCH3 is 1. The van der Waals surface area contributed by atoms with Gasteiger partial charge in [-0.05, 0) is 39.7 Å². The average molecular weight is 201 g/mol. The summed E-state index contributed by atoms with van der Waals surface area (Å²) in [5, 5.41) is 10.3. The maximum Gasteiger partial charge on any atom is 0.0675 e. The van der Waals surface area contributed by atoms with Gasteiger partial charge < -0.3 is 14.7 Å². The molecule has 0 aliphatic carbocycles. The van der Waals surface area contributed by atoms with Crippen LogP contribution in [-0.4, -0.2) is 49.0 Å². The van der Waals surface area contributed by atoms with Crippen LogP contribution in [0.15, 0.2) is 0 Å². The lowest BCUT2D eigenvalue weighted by Gasteiger charge is -2.41. The van der Waals surface area contributed by atoms with E-state index in [2.05, 4.69) is 18.9 Å². The number of ether oxygens (including phenoxy) is 1. The molecular weight excluding hydrogens is 178 g/mol. The highest BCUT2D eigenvalue weighted by Crippen LogP contribution is 2.29. The molecule has 0 aromatic heterocycles. The molecule has 0 saturated carbocycles. The van der Waals surface area contributed by atoms with Gasteiger partial charge in [0.1, 0.15) is 0 Å². The molecule has 0 radical (unpaired) electrons. The van der Waals surface area contributed by atoms with Crippen LogP contribution in [0.3, 0.4) is 0 Å². The highest BCUT2D eigenvalue weighted by atomic mass is 16.5. The molecule has 1 aliphatic heterocycles. The van der Waals surface area contributed by atoms with Crippen LogP contribution >= 0.6 is 0 Å². The maximum atomic E-state index is 10.3.